The Balaban J connectivity index is 2.50. The number of morpholine rings is 1. The monoisotopic (exact) mass is 256 g/mol. The fraction of sp³-hybridized carbons (Fsp3) is 0.846. The zero-order valence-electron chi connectivity index (χ0n) is 11.4. The van der Waals surface area contributed by atoms with Gasteiger partial charge in [-0.05, 0) is 12.8 Å². The first-order chi connectivity index (χ1) is 8.69. The van der Waals surface area contributed by atoms with Crippen LogP contribution >= 0.6 is 0 Å². The molecule has 1 aliphatic heterocycles. The van der Waals surface area contributed by atoms with Crippen molar-refractivity contribution < 1.29 is 14.3 Å². The van der Waals surface area contributed by atoms with Crippen molar-refractivity contribution in [3.05, 3.63) is 0 Å². The Hall–Kier alpha value is -0.940. The standard InChI is InChI=1S/C13H24N2O3/c1-3-5-11(16)9-15-7-8-18-10-12(15)13(17)14-6-4-2/h12H,3-10H2,1-2H3,(H,14,17). The molecular weight excluding hydrogens is 232 g/mol. The number of ketones is 1. The summed E-state index contributed by atoms with van der Waals surface area (Å²) in [5.74, 6) is 0.175. The van der Waals surface area contributed by atoms with E-state index in [1.54, 1.807) is 0 Å². The van der Waals surface area contributed by atoms with Crippen LogP contribution in [-0.2, 0) is 14.3 Å². The van der Waals surface area contributed by atoms with Gasteiger partial charge in [0.25, 0.3) is 0 Å². The van der Waals surface area contributed by atoms with E-state index in [1.807, 2.05) is 18.7 Å². The van der Waals surface area contributed by atoms with Crippen LogP contribution in [0.25, 0.3) is 0 Å². The molecule has 104 valence electrons. The topological polar surface area (TPSA) is 58.6 Å². The Bertz CT molecular complexity index is 281. The third-order valence-corrected chi connectivity index (χ3v) is 3.00. The van der Waals surface area contributed by atoms with Crippen LogP contribution in [0.5, 0.6) is 0 Å². The van der Waals surface area contributed by atoms with Gasteiger partial charge in [-0.25, -0.2) is 0 Å². The molecule has 1 atom stereocenters. The fourth-order valence-electron chi connectivity index (χ4n) is 2.02. The lowest BCUT2D eigenvalue weighted by atomic mass is 10.1. The van der Waals surface area contributed by atoms with Crippen molar-refractivity contribution in [1.29, 1.82) is 0 Å². The van der Waals surface area contributed by atoms with Gasteiger partial charge in [-0.1, -0.05) is 13.8 Å². The lowest BCUT2D eigenvalue weighted by molar-refractivity contribution is -0.134. The van der Waals surface area contributed by atoms with Crippen LogP contribution in [0.15, 0.2) is 0 Å². The van der Waals surface area contributed by atoms with Crippen molar-refractivity contribution >= 4 is 11.7 Å². The van der Waals surface area contributed by atoms with Gasteiger partial charge >= 0.3 is 0 Å². The Morgan fingerprint density at radius 2 is 2.11 bits per heavy atom. The maximum Gasteiger partial charge on any atom is 0.239 e. The van der Waals surface area contributed by atoms with Crippen molar-refractivity contribution in [3.63, 3.8) is 0 Å². The summed E-state index contributed by atoms with van der Waals surface area (Å²) >= 11 is 0. The normalized spacial score (nSPS) is 20.7. The molecule has 1 fully saturated rings. The first-order valence-corrected chi connectivity index (χ1v) is 6.80. The molecule has 18 heavy (non-hydrogen) atoms. The van der Waals surface area contributed by atoms with E-state index in [-0.39, 0.29) is 17.7 Å². The van der Waals surface area contributed by atoms with Crippen molar-refractivity contribution in [2.24, 2.45) is 0 Å². The van der Waals surface area contributed by atoms with Crippen LogP contribution in [0.2, 0.25) is 0 Å². The van der Waals surface area contributed by atoms with Gasteiger partial charge in [0.2, 0.25) is 5.91 Å². The van der Waals surface area contributed by atoms with E-state index in [4.69, 9.17) is 4.74 Å². The highest BCUT2D eigenvalue weighted by Crippen LogP contribution is 2.08. The molecule has 1 unspecified atom stereocenters. The van der Waals surface area contributed by atoms with Gasteiger partial charge in [0, 0.05) is 19.5 Å². The molecule has 0 bridgehead atoms. The molecule has 1 N–H and O–H groups in total. The Morgan fingerprint density at radius 3 is 2.78 bits per heavy atom. The molecular formula is C13H24N2O3. The molecule has 0 aromatic heterocycles. The van der Waals surface area contributed by atoms with E-state index >= 15 is 0 Å². The van der Waals surface area contributed by atoms with Gasteiger partial charge < -0.3 is 10.1 Å². The molecule has 1 aliphatic rings. The van der Waals surface area contributed by atoms with E-state index < -0.39 is 0 Å². The second-order valence-electron chi connectivity index (χ2n) is 4.64. The molecule has 0 radical (unpaired) electrons. The third kappa shape index (κ3) is 4.74. The van der Waals surface area contributed by atoms with Crippen LogP contribution in [0.1, 0.15) is 33.1 Å². The number of hydrogen-bond donors (Lipinski definition) is 1. The molecule has 5 heteroatoms. The molecule has 0 aromatic carbocycles. The molecule has 1 saturated heterocycles. The Labute approximate surface area is 109 Å². The van der Waals surface area contributed by atoms with Crippen molar-refractivity contribution in [3.8, 4) is 0 Å². The number of carbonyl (C=O) groups excluding carboxylic acids is 2. The van der Waals surface area contributed by atoms with Crippen molar-refractivity contribution in [2.75, 3.05) is 32.8 Å². The lowest BCUT2D eigenvalue weighted by Gasteiger charge is -2.33. The summed E-state index contributed by atoms with van der Waals surface area (Å²) < 4.78 is 5.34. The average molecular weight is 256 g/mol. The predicted molar refractivity (Wildman–Crippen MR) is 69.4 cm³/mol. The number of nitrogens with zero attached hydrogens (tertiary/aromatic N) is 1. The summed E-state index contributed by atoms with van der Waals surface area (Å²) in [4.78, 5) is 25.6. The summed E-state index contributed by atoms with van der Waals surface area (Å²) in [5, 5.41) is 2.87. The van der Waals surface area contributed by atoms with E-state index in [9.17, 15) is 9.59 Å². The average Bonchev–Trinajstić information content (AvgIpc) is 2.37. The number of nitrogens with one attached hydrogen (secondary N) is 1. The van der Waals surface area contributed by atoms with Gasteiger partial charge in [-0.3, -0.25) is 14.5 Å². The van der Waals surface area contributed by atoms with Gasteiger partial charge in [0.15, 0.2) is 0 Å². The summed E-state index contributed by atoms with van der Waals surface area (Å²) in [6.07, 6.45) is 2.35. The molecule has 1 rings (SSSR count). The minimum absolute atomic E-state index is 0.0270. The molecule has 0 spiro atoms. The molecule has 0 saturated carbocycles. The first kappa shape index (κ1) is 15.1. The zero-order chi connectivity index (χ0) is 13.4. The van der Waals surface area contributed by atoms with E-state index in [1.165, 1.54) is 0 Å². The van der Waals surface area contributed by atoms with Crippen LogP contribution in [0, 0.1) is 0 Å². The number of ether oxygens (including phenoxy) is 1. The smallest absolute Gasteiger partial charge is 0.239 e. The van der Waals surface area contributed by atoms with Crippen molar-refractivity contribution in [1.82, 2.24) is 10.2 Å². The minimum Gasteiger partial charge on any atom is -0.378 e. The van der Waals surface area contributed by atoms with Gasteiger partial charge in [-0.15, -0.1) is 0 Å². The molecule has 1 amide bonds. The minimum atomic E-state index is -0.314. The van der Waals surface area contributed by atoms with E-state index in [0.29, 0.717) is 39.3 Å². The number of rotatable bonds is 7. The third-order valence-electron chi connectivity index (χ3n) is 3.00. The second kappa shape index (κ2) is 8.21. The zero-order valence-corrected chi connectivity index (χ0v) is 11.4. The van der Waals surface area contributed by atoms with Crippen molar-refractivity contribution in [2.45, 2.75) is 39.2 Å². The van der Waals surface area contributed by atoms with Gasteiger partial charge in [0.1, 0.15) is 11.8 Å². The van der Waals surface area contributed by atoms with E-state index in [2.05, 4.69) is 5.32 Å². The Morgan fingerprint density at radius 1 is 1.33 bits per heavy atom. The molecule has 0 aliphatic carbocycles. The largest absolute Gasteiger partial charge is 0.378 e. The fourth-order valence-corrected chi connectivity index (χ4v) is 2.02. The maximum absolute atomic E-state index is 12.0. The number of hydrogen-bond acceptors (Lipinski definition) is 4. The second-order valence-corrected chi connectivity index (χ2v) is 4.64. The molecule has 0 aromatic rings. The molecule has 5 nitrogen and oxygen atoms in total. The molecule has 1 heterocycles. The highest BCUT2D eigenvalue weighted by Gasteiger charge is 2.30. The number of carbonyl (C=O) groups is 2. The Kier molecular flexibility index (Phi) is 6.90. The summed E-state index contributed by atoms with van der Waals surface area (Å²) in [6, 6.07) is -0.314. The SMILES string of the molecule is CCCNC(=O)C1COCCN1CC(=O)CCC. The van der Waals surface area contributed by atoms with E-state index in [0.717, 1.165) is 12.8 Å². The van der Waals surface area contributed by atoms with Crippen LogP contribution < -0.4 is 5.32 Å². The van der Waals surface area contributed by atoms with Crippen LogP contribution in [0.4, 0.5) is 0 Å². The summed E-state index contributed by atoms with van der Waals surface area (Å²) in [7, 11) is 0. The van der Waals surface area contributed by atoms with Gasteiger partial charge in [0.05, 0.1) is 19.8 Å². The number of amides is 1. The van der Waals surface area contributed by atoms with Gasteiger partial charge in [-0.2, -0.15) is 0 Å². The quantitative estimate of drug-likeness (QED) is 0.724. The maximum atomic E-state index is 12.0. The lowest BCUT2D eigenvalue weighted by Crippen LogP contribution is -2.55. The summed E-state index contributed by atoms with van der Waals surface area (Å²) in [6.45, 7) is 6.67. The summed E-state index contributed by atoms with van der Waals surface area (Å²) in [5.41, 5.74) is 0. The number of Topliss-reactive ketones (excluding diaryl/α,β-unsaturated/α-hetero) is 1. The van der Waals surface area contributed by atoms with Crippen LogP contribution in [0.3, 0.4) is 0 Å². The van der Waals surface area contributed by atoms with Crippen LogP contribution in [-0.4, -0.2) is 55.5 Å². The first-order valence-electron chi connectivity index (χ1n) is 6.80. The highest BCUT2D eigenvalue weighted by atomic mass is 16.5. The highest BCUT2D eigenvalue weighted by molar-refractivity contribution is 5.84. The predicted octanol–water partition coefficient (Wildman–Crippen LogP) is 0.583.